The van der Waals surface area contributed by atoms with E-state index in [0.717, 1.165) is 54.5 Å². The highest BCUT2D eigenvalue weighted by Gasteiger charge is 2.04. The van der Waals surface area contributed by atoms with Gasteiger partial charge in [0.25, 0.3) is 0 Å². The van der Waals surface area contributed by atoms with E-state index in [9.17, 15) is 0 Å². The van der Waals surface area contributed by atoms with Crippen LogP contribution in [0.1, 0.15) is 30.5 Å². The Hall–Kier alpha value is -3.12. The third-order valence-electron chi connectivity index (χ3n) is 4.36. The first-order chi connectivity index (χ1) is 14.1. The molecular formula is C23H28N4O2. The Morgan fingerprint density at radius 2 is 1.55 bits per heavy atom. The normalized spacial score (nSPS) is 10.6. The van der Waals surface area contributed by atoms with Crippen molar-refractivity contribution in [1.29, 1.82) is 0 Å². The number of hydrogen-bond acceptors (Lipinski definition) is 6. The van der Waals surface area contributed by atoms with Crippen molar-refractivity contribution in [3.05, 3.63) is 65.9 Å². The first-order valence-electron chi connectivity index (χ1n) is 9.94. The summed E-state index contributed by atoms with van der Waals surface area (Å²) in [5, 5.41) is 15.4. The Morgan fingerprint density at radius 1 is 0.862 bits per heavy atom. The maximum absolute atomic E-state index is 8.84. The average molecular weight is 393 g/mol. The van der Waals surface area contributed by atoms with Crippen LogP contribution in [0.15, 0.2) is 54.6 Å². The highest BCUT2D eigenvalue weighted by molar-refractivity contribution is 5.56. The molecule has 1 heterocycles. The molecule has 1 aromatic heterocycles. The van der Waals surface area contributed by atoms with E-state index >= 15 is 0 Å². The molecule has 29 heavy (non-hydrogen) atoms. The molecule has 0 bridgehead atoms. The Morgan fingerprint density at radius 3 is 2.24 bits per heavy atom. The van der Waals surface area contributed by atoms with Crippen molar-refractivity contribution < 1.29 is 9.84 Å². The Kier molecular flexibility index (Phi) is 7.41. The van der Waals surface area contributed by atoms with Gasteiger partial charge < -0.3 is 20.5 Å². The quantitative estimate of drug-likeness (QED) is 0.411. The van der Waals surface area contributed by atoms with Gasteiger partial charge in [0, 0.05) is 30.6 Å². The molecule has 0 aliphatic carbocycles. The highest BCUT2D eigenvalue weighted by atomic mass is 16.5. The van der Waals surface area contributed by atoms with Crippen LogP contribution >= 0.6 is 0 Å². The van der Waals surface area contributed by atoms with Crippen molar-refractivity contribution in [2.75, 3.05) is 23.8 Å². The molecule has 152 valence electrons. The molecular weight excluding hydrogens is 364 g/mol. The molecule has 0 amide bonds. The SMILES string of the molecule is Cc1ccc(Oc2ccc(Nc3nc(C)cc(NCCCCCO)n3)cc2)cc1. The summed E-state index contributed by atoms with van der Waals surface area (Å²) >= 11 is 0. The van der Waals surface area contributed by atoms with E-state index in [0.29, 0.717) is 5.95 Å². The van der Waals surface area contributed by atoms with E-state index in [2.05, 4.69) is 27.5 Å². The topological polar surface area (TPSA) is 79.3 Å². The fourth-order valence-electron chi connectivity index (χ4n) is 2.82. The van der Waals surface area contributed by atoms with Crippen LogP contribution < -0.4 is 15.4 Å². The van der Waals surface area contributed by atoms with Gasteiger partial charge in [-0.3, -0.25) is 0 Å². The van der Waals surface area contributed by atoms with Crippen LogP contribution in [-0.4, -0.2) is 28.2 Å². The van der Waals surface area contributed by atoms with Crippen molar-refractivity contribution in [3.63, 3.8) is 0 Å². The van der Waals surface area contributed by atoms with Gasteiger partial charge in [0.15, 0.2) is 0 Å². The van der Waals surface area contributed by atoms with E-state index in [4.69, 9.17) is 9.84 Å². The predicted molar refractivity (Wildman–Crippen MR) is 117 cm³/mol. The van der Waals surface area contributed by atoms with Gasteiger partial charge in [-0.25, -0.2) is 4.98 Å². The summed E-state index contributed by atoms with van der Waals surface area (Å²) < 4.78 is 5.86. The van der Waals surface area contributed by atoms with E-state index in [-0.39, 0.29) is 6.61 Å². The van der Waals surface area contributed by atoms with Crippen molar-refractivity contribution in [2.24, 2.45) is 0 Å². The van der Waals surface area contributed by atoms with E-state index in [1.807, 2.05) is 61.5 Å². The van der Waals surface area contributed by atoms with Crippen molar-refractivity contribution in [1.82, 2.24) is 9.97 Å². The minimum atomic E-state index is 0.246. The van der Waals surface area contributed by atoms with E-state index < -0.39 is 0 Å². The second-order valence-corrected chi connectivity index (χ2v) is 6.99. The number of nitrogens with zero attached hydrogens (tertiary/aromatic N) is 2. The number of rotatable bonds is 10. The number of aryl methyl sites for hydroxylation is 2. The highest BCUT2D eigenvalue weighted by Crippen LogP contribution is 2.24. The fraction of sp³-hybridized carbons (Fsp3) is 0.304. The summed E-state index contributed by atoms with van der Waals surface area (Å²) in [5.41, 5.74) is 2.98. The lowest BCUT2D eigenvalue weighted by Crippen LogP contribution is -2.07. The van der Waals surface area contributed by atoms with Gasteiger partial charge in [-0.2, -0.15) is 4.98 Å². The monoisotopic (exact) mass is 392 g/mol. The third-order valence-corrected chi connectivity index (χ3v) is 4.36. The Bertz CT molecular complexity index is 896. The second-order valence-electron chi connectivity index (χ2n) is 6.99. The largest absolute Gasteiger partial charge is 0.457 e. The van der Waals surface area contributed by atoms with E-state index in [1.165, 1.54) is 5.56 Å². The number of nitrogens with one attached hydrogen (secondary N) is 2. The van der Waals surface area contributed by atoms with Gasteiger partial charge in [-0.15, -0.1) is 0 Å². The maximum atomic E-state index is 8.84. The van der Waals surface area contributed by atoms with E-state index in [1.54, 1.807) is 0 Å². The molecule has 0 unspecified atom stereocenters. The number of unbranched alkanes of at least 4 members (excludes halogenated alkanes) is 2. The van der Waals surface area contributed by atoms with Crippen molar-refractivity contribution in [2.45, 2.75) is 33.1 Å². The zero-order valence-corrected chi connectivity index (χ0v) is 17.0. The summed E-state index contributed by atoms with van der Waals surface area (Å²) in [4.78, 5) is 8.99. The molecule has 0 atom stereocenters. The van der Waals surface area contributed by atoms with Gasteiger partial charge >= 0.3 is 0 Å². The minimum Gasteiger partial charge on any atom is -0.457 e. The molecule has 2 aromatic carbocycles. The van der Waals surface area contributed by atoms with Gasteiger partial charge in [0.1, 0.15) is 17.3 Å². The summed E-state index contributed by atoms with van der Waals surface area (Å²) in [6.45, 7) is 5.06. The predicted octanol–water partition coefficient (Wildman–Crippen LogP) is 5.20. The lowest BCUT2D eigenvalue weighted by atomic mass is 10.2. The molecule has 0 spiro atoms. The van der Waals surface area contributed by atoms with Gasteiger partial charge in [0.05, 0.1) is 0 Å². The standard InChI is InChI=1S/C23H28N4O2/c1-17-6-10-20(11-7-17)29-21-12-8-19(9-13-21)26-23-25-18(2)16-22(27-23)24-14-4-3-5-15-28/h6-13,16,28H,3-5,14-15H2,1-2H3,(H2,24,25,26,27). The molecule has 0 radical (unpaired) electrons. The zero-order chi connectivity index (χ0) is 20.5. The van der Waals surface area contributed by atoms with Crippen LogP contribution in [0.4, 0.5) is 17.5 Å². The molecule has 0 aliphatic heterocycles. The van der Waals surface area contributed by atoms with Gasteiger partial charge in [-0.1, -0.05) is 17.7 Å². The summed E-state index contributed by atoms with van der Waals surface area (Å²) in [6, 6.07) is 17.6. The first kappa shape index (κ1) is 20.6. The number of hydrogen-bond donors (Lipinski definition) is 3. The van der Waals surface area contributed by atoms with Crippen molar-refractivity contribution in [3.8, 4) is 11.5 Å². The lowest BCUT2D eigenvalue weighted by Gasteiger charge is -2.11. The molecule has 3 aromatic rings. The van der Waals surface area contributed by atoms with Crippen LogP contribution in [0.3, 0.4) is 0 Å². The third kappa shape index (κ3) is 6.76. The molecule has 6 heteroatoms. The van der Waals surface area contributed by atoms with Gasteiger partial charge in [-0.05, 0) is 69.5 Å². The number of aliphatic hydroxyl groups excluding tert-OH is 1. The number of anilines is 3. The molecule has 6 nitrogen and oxygen atoms in total. The fourth-order valence-corrected chi connectivity index (χ4v) is 2.82. The number of aliphatic hydroxyl groups is 1. The van der Waals surface area contributed by atoms with Crippen LogP contribution in [-0.2, 0) is 0 Å². The Balaban J connectivity index is 1.58. The average Bonchev–Trinajstić information content (AvgIpc) is 2.71. The summed E-state index contributed by atoms with van der Waals surface area (Å²) in [5.74, 6) is 2.93. The van der Waals surface area contributed by atoms with Crippen LogP contribution in [0.2, 0.25) is 0 Å². The van der Waals surface area contributed by atoms with Gasteiger partial charge in [0.2, 0.25) is 5.95 Å². The van der Waals surface area contributed by atoms with Crippen LogP contribution in [0, 0.1) is 13.8 Å². The number of aromatic nitrogens is 2. The number of ether oxygens (including phenoxy) is 1. The second kappa shape index (κ2) is 10.4. The maximum Gasteiger partial charge on any atom is 0.229 e. The molecule has 3 rings (SSSR count). The minimum absolute atomic E-state index is 0.246. The van der Waals surface area contributed by atoms with Crippen molar-refractivity contribution >= 4 is 17.5 Å². The molecule has 0 saturated heterocycles. The number of benzene rings is 2. The molecule has 0 aliphatic rings. The first-order valence-corrected chi connectivity index (χ1v) is 9.94. The van der Waals surface area contributed by atoms with Crippen LogP contribution in [0.25, 0.3) is 0 Å². The van der Waals surface area contributed by atoms with Crippen LogP contribution in [0.5, 0.6) is 11.5 Å². The zero-order valence-electron chi connectivity index (χ0n) is 17.0. The molecule has 0 fully saturated rings. The summed E-state index contributed by atoms with van der Waals surface area (Å²) in [7, 11) is 0. The lowest BCUT2D eigenvalue weighted by molar-refractivity contribution is 0.283. The summed E-state index contributed by atoms with van der Waals surface area (Å²) in [6.07, 6.45) is 2.82. The molecule has 0 saturated carbocycles. The Labute approximate surface area is 172 Å². The smallest absolute Gasteiger partial charge is 0.229 e. The molecule has 3 N–H and O–H groups in total.